The van der Waals surface area contributed by atoms with Gasteiger partial charge in [0.2, 0.25) is 0 Å². The number of carboxylic acids is 1. The first-order valence-electron chi connectivity index (χ1n) is 3.20. The number of aliphatic carboxylic acids is 1. The molecule has 0 amide bonds. The molecule has 6 heteroatoms. The molecule has 0 unspecified atom stereocenters. The van der Waals surface area contributed by atoms with E-state index in [0.29, 0.717) is 0 Å². The molecule has 3 nitrogen and oxygen atoms in total. The predicted octanol–water partition coefficient (Wildman–Crippen LogP) is 1.00. The Morgan fingerprint density at radius 3 is 2.00 bits per heavy atom. The van der Waals surface area contributed by atoms with Crippen LogP contribution in [0.5, 0.6) is 0 Å². The molecule has 0 bridgehead atoms. The van der Waals surface area contributed by atoms with E-state index in [1.54, 1.807) is 0 Å². The number of nitrogens with one attached hydrogen (secondary N) is 1. The average molecular weight is 185 g/mol. The third-order valence-corrected chi connectivity index (χ3v) is 1.58. The molecule has 0 aliphatic heterocycles. The smallest absolute Gasteiger partial charge is 0.391 e. The molecular formula is C6H10F3NO2. The van der Waals surface area contributed by atoms with Crippen molar-refractivity contribution in [1.29, 1.82) is 0 Å². The topological polar surface area (TPSA) is 49.3 Å². The summed E-state index contributed by atoms with van der Waals surface area (Å²) in [6.07, 6.45) is -5.86. The molecule has 0 aromatic heterocycles. The van der Waals surface area contributed by atoms with Gasteiger partial charge in [0, 0.05) is 0 Å². The van der Waals surface area contributed by atoms with E-state index >= 15 is 0 Å². The molecule has 72 valence electrons. The van der Waals surface area contributed by atoms with Crippen LogP contribution in [0.25, 0.3) is 0 Å². The van der Waals surface area contributed by atoms with Gasteiger partial charge in [-0.1, -0.05) is 0 Å². The number of rotatable bonds is 3. The van der Waals surface area contributed by atoms with Crippen molar-refractivity contribution in [2.24, 2.45) is 0 Å². The average Bonchev–Trinajstić information content (AvgIpc) is 1.83. The van der Waals surface area contributed by atoms with E-state index in [0.717, 1.165) is 6.92 Å². The van der Waals surface area contributed by atoms with Crippen molar-refractivity contribution in [3.63, 3.8) is 0 Å². The second-order valence-electron chi connectivity index (χ2n) is 2.68. The SMILES string of the molecule is CN[C@@](C)(CC(F)(F)F)C(=O)O. The highest BCUT2D eigenvalue weighted by Gasteiger charge is 2.43. The molecule has 0 fully saturated rings. The molecule has 0 aromatic rings. The molecule has 0 aliphatic rings. The minimum absolute atomic E-state index is 0.989. The van der Waals surface area contributed by atoms with E-state index in [1.165, 1.54) is 7.05 Å². The van der Waals surface area contributed by atoms with Crippen molar-refractivity contribution >= 4 is 5.97 Å². The summed E-state index contributed by atoms with van der Waals surface area (Å²) >= 11 is 0. The number of hydrogen-bond acceptors (Lipinski definition) is 2. The van der Waals surface area contributed by atoms with Gasteiger partial charge < -0.3 is 10.4 Å². The van der Waals surface area contributed by atoms with E-state index in [-0.39, 0.29) is 0 Å². The quantitative estimate of drug-likeness (QED) is 0.689. The fourth-order valence-corrected chi connectivity index (χ4v) is 0.672. The summed E-state index contributed by atoms with van der Waals surface area (Å²) < 4.78 is 35.4. The molecule has 0 heterocycles. The van der Waals surface area contributed by atoms with Crippen molar-refractivity contribution in [2.75, 3.05) is 7.05 Å². The fourth-order valence-electron chi connectivity index (χ4n) is 0.672. The molecule has 0 saturated carbocycles. The summed E-state index contributed by atoms with van der Waals surface area (Å²) in [6.45, 7) is 0.989. The largest absolute Gasteiger partial charge is 0.480 e. The Balaban J connectivity index is 4.46. The van der Waals surface area contributed by atoms with Crippen LogP contribution >= 0.6 is 0 Å². The van der Waals surface area contributed by atoms with Crippen molar-refractivity contribution in [1.82, 2.24) is 5.32 Å². The summed E-state index contributed by atoms with van der Waals surface area (Å²) in [5.74, 6) is -1.51. The number of alkyl halides is 3. The van der Waals surface area contributed by atoms with Crippen LogP contribution in [0, 0.1) is 0 Å². The van der Waals surface area contributed by atoms with Gasteiger partial charge in [-0.3, -0.25) is 4.79 Å². The maximum absolute atomic E-state index is 11.8. The predicted molar refractivity (Wildman–Crippen MR) is 35.8 cm³/mol. The Labute approximate surface area is 67.6 Å². The Bertz CT molecular complexity index is 180. The molecule has 1 atom stereocenters. The first kappa shape index (κ1) is 11.2. The zero-order valence-electron chi connectivity index (χ0n) is 6.70. The summed E-state index contributed by atoms with van der Waals surface area (Å²) in [5.41, 5.74) is -1.93. The molecule has 0 spiro atoms. The van der Waals surface area contributed by atoms with E-state index in [1.807, 2.05) is 0 Å². The second kappa shape index (κ2) is 3.30. The molecular weight excluding hydrogens is 175 g/mol. The van der Waals surface area contributed by atoms with Crippen LogP contribution < -0.4 is 5.32 Å². The number of carboxylic acid groups (broad SMARTS) is 1. The third-order valence-electron chi connectivity index (χ3n) is 1.58. The zero-order chi connectivity index (χ0) is 9.99. The van der Waals surface area contributed by atoms with Gasteiger partial charge in [0.05, 0.1) is 6.42 Å². The van der Waals surface area contributed by atoms with Crippen LogP contribution in [0.1, 0.15) is 13.3 Å². The van der Waals surface area contributed by atoms with Gasteiger partial charge in [-0.25, -0.2) is 0 Å². The van der Waals surface area contributed by atoms with Crippen LogP contribution in [0.4, 0.5) is 13.2 Å². The summed E-state index contributed by atoms with van der Waals surface area (Å²) in [4.78, 5) is 10.4. The van der Waals surface area contributed by atoms with Crippen LogP contribution in [-0.4, -0.2) is 29.8 Å². The van der Waals surface area contributed by atoms with Gasteiger partial charge in [0.1, 0.15) is 5.54 Å². The monoisotopic (exact) mass is 185 g/mol. The van der Waals surface area contributed by atoms with Gasteiger partial charge in [-0.2, -0.15) is 13.2 Å². The standard InChI is InChI=1S/C6H10F3NO2/c1-5(10-2,4(11)12)3-6(7,8)9/h10H,3H2,1-2H3,(H,11,12)/t5-/m0/s1. The molecule has 12 heavy (non-hydrogen) atoms. The maximum atomic E-state index is 11.8. The van der Waals surface area contributed by atoms with E-state index in [2.05, 4.69) is 5.32 Å². The highest BCUT2D eigenvalue weighted by molar-refractivity contribution is 5.78. The highest BCUT2D eigenvalue weighted by Crippen LogP contribution is 2.27. The lowest BCUT2D eigenvalue weighted by atomic mass is 9.98. The second-order valence-corrected chi connectivity index (χ2v) is 2.68. The number of hydrogen-bond donors (Lipinski definition) is 2. The first-order chi connectivity index (χ1) is 5.21. The Morgan fingerprint density at radius 1 is 1.50 bits per heavy atom. The van der Waals surface area contributed by atoms with Crippen molar-refractivity contribution in [3.8, 4) is 0 Å². The highest BCUT2D eigenvalue weighted by atomic mass is 19.4. The summed E-state index contributed by atoms with van der Waals surface area (Å²) in [5, 5.41) is 10.5. The number of halogens is 3. The Morgan fingerprint density at radius 2 is 1.92 bits per heavy atom. The van der Waals surface area contributed by atoms with Gasteiger partial charge in [-0.15, -0.1) is 0 Å². The molecule has 0 rings (SSSR count). The lowest BCUT2D eigenvalue weighted by molar-refractivity contribution is -0.168. The summed E-state index contributed by atoms with van der Waals surface area (Å²) in [6, 6.07) is 0. The van der Waals surface area contributed by atoms with Crippen LogP contribution in [0.3, 0.4) is 0 Å². The van der Waals surface area contributed by atoms with E-state index in [4.69, 9.17) is 5.11 Å². The van der Waals surface area contributed by atoms with Crippen LogP contribution in [0.15, 0.2) is 0 Å². The van der Waals surface area contributed by atoms with E-state index < -0.39 is 24.1 Å². The van der Waals surface area contributed by atoms with Crippen molar-refractivity contribution in [3.05, 3.63) is 0 Å². The number of carbonyl (C=O) groups is 1. The molecule has 0 saturated heterocycles. The normalized spacial score (nSPS) is 17.1. The Hall–Kier alpha value is -0.780. The van der Waals surface area contributed by atoms with Gasteiger partial charge in [0.15, 0.2) is 0 Å². The third kappa shape index (κ3) is 3.08. The Kier molecular flexibility index (Phi) is 3.09. The lowest BCUT2D eigenvalue weighted by Crippen LogP contribution is -2.50. The van der Waals surface area contributed by atoms with Crippen LogP contribution in [0.2, 0.25) is 0 Å². The van der Waals surface area contributed by atoms with Crippen molar-refractivity contribution < 1.29 is 23.1 Å². The summed E-state index contributed by atoms with van der Waals surface area (Å²) in [7, 11) is 1.18. The minimum atomic E-state index is -4.48. The molecule has 2 N–H and O–H groups in total. The molecule has 0 radical (unpaired) electrons. The van der Waals surface area contributed by atoms with Gasteiger partial charge in [0.25, 0.3) is 0 Å². The van der Waals surface area contributed by atoms with Gasteiger partial charge >= 0.3 is 12.1 Å². The zero-order valence-corrected chi connectivity index (χ0v) is 6.70. The maximum Gasteiger partial charge on any atom is 0.391 e. The minimum Gasteiger partial charge on any atom is -0.480 e. The number of likely N-dealkylation sites (N-methyl/N-ethyl adjacent to an activating group) is 1. The van der Waals surface area contributed by atoms with E-state index in [9.17, 15) is 18.0 Å². The molecule has 0 aliphatic carbocycles. The lowest BCUT2D eigenvalue weighted by Gasteiger charge is -2.24. The van der Waals surface area contributed by atoms with Gasteiger partial charge in [-0.05, 0) is 14.0 Å². The van der Waals surface area contributed by atoms with Crippen LogP contribution in [-0.2, 0) is 4.79 Å². The first-order valence-corrected chi connectivity index (χ1v) is 3.20. The fraction of sp³-hybridized carbons (Fsp3) is 0.833. The van der Waals surface area contributed by atoms with Crippen molar-refractivity contribution in [2.45, 2.75) is 25.1 Å². The molecule has 0 aromatic carbocycles.